The second-order valence-electron chi connectivity index (χ2n) is 9.97. The first-order valence-corrected chi connectivity index (χ1v) is 14.6. The van der Waals surface area contributed by atoms with Crippen LogP contribution in [0.2, 0.25) is 0 Å². The third kappa shape index (κ3) is 5.25. The van der Waals surface area contributed by atoms with Crippen LogP contribution in [0.1, 0.15) is 41.9 Å². The van der Waals surface area contributed by atoms with Crippen LogP contribution in [0, 0.1) is 0 Å². The quantitative estimate of drug-likeness (QED) is 0.293. The van der Waals surface area contributed by atoms with Crippen LogP contribution >= 0.6 is 11.3 Å². The van der Waals surface area contributed by atoms with Crippen molar-refractivity contribution in [1.82, 2.24) is 14.7 Å². The maximum Gasteiger partial charge on any atom is 0.421 e. The summed E-state index contributed by atoms with van der Waals surface area (Å²) in [4.78, 5) is 11.4. The van der Waals surface area contributed by atoms with Gasteiger partial charge in [0.25, 0.3) is 0 Å². The molecule has 7 nitrogen and oxygen atoms in total. The Bertz CT molecular complexity index is 1630. The number of hydrogen-bond acceptors (Lipinski definition) is 7. The predicted octanol–water partition coefficient (Wildman–Crippen LogP) is 5.37. The molecule has 0 bridgehead atoms. The number of halogens is 3. The van der Waals surface area contributed by atoms with E-state index in [1.165, 1.54) is 23.6 Å². The highest BCUT2D eigenvalue weighted by atomic mass is 32.2. The van der Waals surface area contributed by atoms with Crippen molar-refractivity contribution >= 4 is 37.1 Å². The number of nitrogens with zero attached hydrogens (tertiary/aromatic N) is 3. The van der Waals surface area contributed by atoms with E-state index in [2.05, 4.69) is 14.7 Å². The first kappa shape index (κ1) is 27.5. The molecule has 2 atom stereocenters. The summed E-state index contributed by atoms with van der Waals surface area (Å²) in [6.07, 6.45) is -0.813. The number of rotatable bonds is 8. The summed E-state index contributed by atoms with van der Waals surface area (Å²) in [5.74, 6) is 0. The summed E-state index contributed by atoms with van der Waals surface area (Å²) >= 11 is 1.32. The maximum absolute atomic E-state index is 13.5. The van der Waals surface area contributed by atoms with E-state index in [0.29, 0.717) is 35.9 Å². The van der Waals surface area contributed by atoms with Crippen LogP contribution in [0.3, 0.4) is 0 Å². The SMILES string of the molecule is CN(C)c1cccnc1[C@@H](NS(=O)(=O)C1CC1)c1cc2cccc(-c3cc([C@@](C)(O)C(F)(F)F)ccn3)c2s1. The Labute approximate surface area is 228 Å². The van der Waals surface area contributed by atoms with E-state index in [1.54, 1.807) is 24.4 Å². The van der Waals surface area contributed by atoms with Crippen molar-refractivity contribution in [3.8, 4) is 11.3 Å². The second kappa shape index (κ2) is 9.84. The van der Waals surface area contributed by atoms with Gasteiger partial charge >= 0.3 is 6.18 Å². The summed E-state index contributed by atoms with van der Waals surface area (Å²) in [5.41, 5.74) is -1.25. The third-order valence-corrected chi connectivity index (χ3v) is 9.98. The minimum atomic E-state index is -4.87. The number of nitrogens with one attached hydrogen (secondary N) is 1. The summed E-state index contributed by atoms with van der Waals surface area (Å²) in [6.45, 7) is 0.710. The lowest BCUT2D eigenvalue weighted by Gasteiger charge is -2.26. The number of anilines is 1. The van der Waals surface area contributed by atoms with Crippen LogP contribution in [0.25, 0.3) is 21.3 Å². The van der Waals surface area contributed by atoms with Gasteiger partial charge in [0.1, 0.15) is 6.04 Å². The normalized spacial score (nSPS) is 16.7. The lowest BCUT2D eigenvalue weighted by atomic mass is 9.94. The van der Waals surface area contributed by atoms with Gasteiger partial charge in [-0.25, -0.2) is 13.1 Å². The molecular weight excluding hydrogens is 549 g/mol. The standard InChI is InChI=1S/C27H27F3N4O3S2/c1-26(35,27(28,29)30)17-11-13-31-20(15-17)19-7-4-6-16-14-22(38-25(16)19)24(33-39(36,37)18-9-10-18)23-21(34(2)3)8-5-12-32-23/h4-8,11-15,18,24,33,35H,9-10H2,1-3H3/t24-,26+/m0/s1. The molecule has 4 aromatic rings. The van der Waals surface area contributed by atoms with Gasteiger partial charge in [-0.15, -0.1) is 11.3 Å². The van der Waals surface area contributed by atoms with Crippen LogP contribution in [-0.2, 0) is 15.6 Å². The van der Waals surface area contributed by atoms with Crippen LogP contribution in [-0.4, -0.2) is 49.0 Å². The largest absolute Gasteiger partial charge is 0.421 e. The number of aliphatic hydroxyl groups is 1. The molecule has 0 spiro atoms. The maximum atomic E-state index is 13.5. The highest BCUT2D eigenvalue weighted by molar-refractivity contribution is 7.90. The predicted molar refractivity (Wildman–Crippen MR) is 146 cm³/mol. The number of pyridine rings is 2. The Morgan fingerprint density at radius 2 is 1.82 bits per heavy atom. The minimum Gasteiger partial charge on any atom is -0.376 e. The van der Waals surface area contributed by atoms with Gasteiger partial charge < -0.3 is 10.0 Å². The Hall–Kier alpha value is -3.06. The van der Waals surface area contributed by atoms with Gasteiger partial charge in [0.2, 0.25) is 10.0 Å². The van der Waals surface area contributed by atoms with Gasteiger partial charge in [-0.3, -0.25) is 9.97 Å². The van der Waals surface area contributed by atoms with Crippen LogP contribution < -0.4 is 9.62 Å². The minimum absolute atomic E-state index is 0.262. The molecular formula is C27H27F3N4O3S2. The molecule has 1 saturated carbocycles. The molecule has 0 amide bonds. The summed E-state index contributed by atoms with van der Waals surface area (Å²) < 4.78 is 70.3. The van der Waals surface area contributed by atoms with Crippen molar-refractivity contribution in [2.24, 2.45) is 0 Å². The Morgan fingerprint density at radius 1 is 1.08 bits per heavy atom. The second-order valence-corrected chi connectivity index (χ2v) is 13.0. The Balaban J connectivity index is 1.64. The van der Waals surface area contributed by atoms with Crippen LogP contribution in [0.15, 0.2) is 60.9 Å². The molecule has 5 rings (SSSR count). The molecule has 39 heavy (non-hydrogen) atoms. The zero-order valence-corrected chi connectivity index (χ0v) is 23.0. The van der Waals surface area contributed by atoms with Gasteiger partial charge in [-0.2, -0.15) is 13.2 Å². The van der Waals surface area contributed by atoms with Gasteiger partial charge in [0.05, 0.1) is 22.3 Å². The van der Waals surface area contributed by atoms with Crippen molar-refractivity contribution in [3.63, 3.8) is 0 Å². The molecule has 206 valence electrons. The number of fused-ring (bicyclic) bond motifs is 1. The number of benzene rings is 1. The summed E-state index contributed by atoms with van der Waals surface area (Å²) in [5, 5.41) is 10.6. The topological polar surface area (TPSA) is 95.4 Å². The molecule has 2 N–H and O–H groups in total. The lowest BCUT2D eigenvalue weighted by Crippen LogP contribution is -2.39. The molecule has 3 heterocycles. The molecule has 0 aliphatic heterocycles. The number of aromatic nitrogens is 2. The molecule has 3 aromatic heterocycles. The van der Waals surface area contributed by atoms with Gasteiger partial charge in [-0.05, 0) is 61.0 Å². The van der Waals surface area contributed by atoms with Crippen LogP contribution in [0.4, 0.5) is 18.9 Å². The van der Waals surface area contributed by atoms with Crippen molar-refractivity contribution in [2.75, 3.05) is 19.0 Å². The monoisotopic (exact) mass is 576 g/mol. The fraction of sp³-hybridized carbons (Fsp3) is 0.333. The Kier molecular flexibility index (Phi) is 6.94. The number of thiophene rings is 1. The van der Waals surface area contributed by atoms with Crippen molar-refractivity contribution < 1.29 is 26.7 Å². The number of hydrogen-bond donors (Lipinski definition) is 2. The first-order valence-electron chi connectivity index (χ1n) is 12.2. The van der Waals surface area contributed by atoms with E-state index in [9.17, 15) is 26.7 Å². The first-order chi connectivity index (χ1) is 18.3. The zero-order valence-electron chi connectivity index (χ0n) is 21.4. The van der Waals surface area contributed by atoms with E-state index in [4.69, 9.17) is 0 Å². The summed E-state index contributed by atoms with van der Waals surface area (Å²) in [7, 11) is 0.0941. The molecule has 0 radical (unpaired) electrons. The van der Waals surface area contributed by atoms with E-state index < -0.39 is 33.1 Å². The number of alkyl halides is 3. The zero-order chi connectivity index (χ0) is 28.2. The highest BCUT2D eigenvalue weighted by Crippen LogP contribution is 2.43. The molecule has 0 unspecified atom stereocenters. The fourth-order valence-corrected chi connectivity index (χ4v) is 7.20. The highest BCUT2D eigenvalue weighted by Gasteiger charge is 2.51. The van der Waals surface area contributed by atoms with E-state index in [0.717, 1.165) is 21.8 Å². The molecule has 1 fully saturated rings. The van der Waals surface area contributed by atoms with Crippen molar-refractivity contribution in [2.45, 2.75) is 42.8 Å². The average Bonchev–Trinajstić information content (AvgIpc) is 3.66. The van der Waals surface area contributed by atoms with Crippen molar-refractivity contribution in [3.05, 3.63) is 77.1 Å². The van der Waals surface area contributed by atoms with Gasteiger partial charge in [0, 0.05) is 41.6 Å². The van der Waals surface area contributed by atoms with Crippen molar-refractivity contribution in [1.29, 1.82) is 0 Å². The molecule has 1 aromatic carbocycles. The Morgan fingerprint density at radius 3 is 2.49 bits per heavy atom. The number of sulfonamides is 1. The molecule has 0 saturated heterocycles. The molecule has 1 aliphatic rings. The average molecular weight is 577 g/mol. The fourth-order valence-electron chi connectivity index (χ4n) is 4.37. The smallest absolute Gasteiger partial charge is 0.376 e. The van der Waals surface area contributed by atoms with E-state index >= 15 is 0 Å². The van der Waals surface area contributed by atoms with Gasteiger partial charge in [-0.1, -0.05) is 18.2 Å². The van der Waals surface area contributed by atoms with E-state index in [1.807, 2.05) is 37.2 Å². The summed E-state index contributed by atoms with van der Waals surface area (Å²) in [6, 6.07) is 12.5. The van der Waals surface area contributed by atoms with Gasteiger partial charge in [0.15, 0.2) is 5.60 Å². The van der Waals surface area contributed by atoms with Crippen LogP contribution in [0.5, 0.6) is 0 Å². The third-order valence-electron chi connectivity index (χ3n) is 6.81. The lowest BCUT2D eigenvalue weighted by molar-refractivity contribution is -0.258. The van der Waals surface area contributed by atoms with E-state index in [-0.39, 0.29) is 11.3 Å². The molecule has 1 aliphatic carbocycles. The molecule has 12 heteroatoms.